The second-order valence-electron chi connectivity index (χ2n) is 3.80. The molecule has 0 aliphatic carbocycles. The van der Waals surface area contributed by atoms with Crippen LogP contribution in [-0.2, 0) is 25.5 Å². The fourth-order valence-electron chi connectivity index (χ4n) is 1.23. The largest absolute Gasteiger partial charge is 0.462 e. The first-order valence-electron chi connectivity index (χ1n) is 5.62. The van der Waals surface area contributed by atoms with Gasteiger partial charge in [-0.25, -0.2) is 4.79 Å². The summed E-state index contributed by atoms with van der Waals surface area (Å²) in [4.78, 5) is 22.4. The van der Waals surface area contributed by atoms with Crippen LogP contribution in [0.5, 0.6) is 0 Å². The van der Waals surface area contributed by atoms with Crippen LogP contribution < -0.4 is 0 Å². The van der Waals surface area contributed by atoms with Gasteiger partial charge >= 0.3 is 11.9 Å². The Hall–Kier alpha value is -2.10. The van der Waals surface area contributed by atoms with E-state index in [1.807, 2.05) is 30.3 Å². The van der Waals surface area contributed by atoms with Crippen LogP contribution >= 0.6 is 0 Å². The normalized spacial score (nSPS) is 9.61. The van der Waals surface area contributed by atoms with E-state index in [0.717, 1.165) is 5.56 Å². The molecule has 1 aromatic rings. The Bertz CT molecular complexity index is 423. The molecule has 0 saturated carbocycles. The van der Waals surface area contributed by atoms with Gasteiger partial charge in [-0.2, -0.15) is 0 Å². The molecule has 0 spiro atoms. The molecule has 1 aromatic carbocycles. The monoisotopic (exact) mass is 248 g/mol. The Morgan fingerprint density at radius 2 is 1.72 bits per heavy atom. The molecule has 4 nitrogen and oxygen atoms in total. The number of esters is 2. The van der Waals surface area contributed by atoms with Gasteiger partial charge in [0, 0.05) is 5.57 Å². The molecular formula is C14H16O4. The van der Waals surface area contributed by atoms with Crippen molar-refractivity contribution in [3.63, 3.8) is 0 Å². The molecule has 0 N–H and O–H groups in total. The summed E-state index contributed by atoms with van der Waals surface area (Å²) in [5.74, 6) is -0.818. The molecule has 1 rings (SSSR count). The van der Waals surface area contributed by atoms with Crippen molar-refractivity contribution >= 4 is 11.9 Å². The van der Waals surface area contributed by atoms with Crippen LogP contribution in [0.2, 0.25) is 0 Å². The highest BCUT2D eigenvalue weighted by Crippen LogP contribution is 2.00. The molecule has 96 valence electrons. The van der Waals surface area contributed by atoms with Gasteiger partial charge < -0.3 is 9.47 Å². The van der Waals surface area contributed by atoms with Gasteiger partial charge in [0.05, 0.1) is 6.42 Å². The molecule has 4 heteroatoms. The van der Waals surface area contributed by atoms with Crippen LogP contribution in [0.1, 0.15) is 12.5 Å². The molecule has 0 aromatic heterocycles. The third-order valence-electron chi connectivity index (χ3n) is 2.12. The molecule has 0 heterocycles. The van der Waals surface area contributed by atoms with Crippen molar-refractivity contribution in [2.75, 3.05) is 13.2 Å². The van der Waals surface area contributed by atoms with E-state index >= 15 is 0 Å². The van der Waals surface area contributed by atoms with Gasteiger partial charge in [0.2, 0.25) is 0 Å². The summed E-state index contributed by atoms with van der Waals surface area (Å²) in [6.45, 7) is 5.11. The van der Waals surface area contributed by atoms with Crippen molar-refractivity contribution in [2.45, 2.75) is 13.3 Å². The smallest absolute Gasteiger partial charge is 0.333 e. The molecule has 0 amide bonds. The van der Waals surface area contributed by atoms with Crippen molar-refractivity contribution < 1.29 is 19.1 Å². The number of rotatable bonds is 6. The van der Waals surface area contributed by atoms with E-state index in [0.29, 0.717) is 5.57 Å². The van der Waals surface area contributed by atoms with Gasteiger partial charge in [-0.1, -0.05) is 36.9 Å². The van der Waals surface area contributed by atoms with Crippen LogP contribution in [0.15, 0.2) is 42.5 Å². The quantitative estimate of drug-likeness (QED) is 0.438. The van der Waals surface area contributed by atoms with E-state index in [4.69, 9.17) is 9.47 Å². The summed E-state index contributed by atoms with van der Waals surface area (Å²) in [5.41, 5.74) is 1.21. The average Bonchev–Trinajstić information content (AvgIpc) is 2.35. The second kappa shape index (κ2) is 7.27. The third kappa shape index (κ3) is 5.30. The highest BCUT2D eigenvalue weighted by Gasteiger charge is 2.06. The van der Waals surface area contributed by atoms with Crippen LogP contribution in [0.4, 0.5) is 0 Å². The second-order valence-corrected chi connectivity index (χ2v) is 3.80. The maximum absolute atomic E-state index is 11.4. The highest BCUT2D eigenvalue weighted by molar-refractivity contribution is 5.86. The van der Waals surface area contributed by atoms with E-state index in [-0.39, 0.29) is 25.6 Å². The van der Waals surface area contributed by atoms with Crippen LogP contribution in [0.3, 0.4) is 0 Å². The van der Waals surface area contributed by atoms with Gasteiger partial charge in [-0.15, -0.1) is 0 Å². The first-order chi connectivity index (χ1) is 8.59. The zero-order valence-electron chi connectivity index (χ0n) is 10.3. The maximum atomic E-state index is 11.4. The summed E-state index contributed by atoms with van der Waals surface area (Å²) < 4.78 is 9.72. The molecule has 0 unspecified atom stereocenters. The minimum Gasteiger partial charge on any atom is -0.462 e. The van der Waals surface area contributed by atoms with Crippen molar-refractivity contribution in [3.05, 3.63) is 48.0 Å². The fourth-order valence-corrected chi connectivity index (χ4v) is 1.23. The van der Waals surface area contributed by atoms with E-state index in [1.165, 1.54) is 0 Å². The van der Waals surface area contributed by atoms with Crippen molar-refractivity contribution in [1.29, 1.82) is 0 Å². The summed E-state index contributed by atoms with van der Waals surface area (Å²) >= 11 is 0. The summed E-state index contributed by atoms with van der Waals surface area (Å²) in [7, 11) is 0. The zero-order valence-corrected chi connectivity index (χ0v) is 10.3. The molecule has 18 heavy (non-hydrogen) atoms. The van der Waals surface area contributed by atoms with Gasteiger partial charge in [0.25, 0.3) is 0 Å². The number of carbonyl (C=O) groups excluding carboxylic acids is 2. The van der Waals surface area contributed by atoms with Crippen LogP contribution in [0.25, 0.3) is 0 Å². The lowest BCUT2D eigenvalue weighted by molar-refractivity contribution is -0.149. The molecule has 0 aliphatic heterocycles. The highest BCUT2D eigenvalue weighted by atomic mass is 16.6. The Morgan fingerprint density at radius 1 is 1.11 bits per heavy atom. The van der Waals surface area contributed by atoms with E-state index in [9.17, 15) is 9.59 Å². The van der Waals surface area contributed by atoms with E-state index < -0.39 is 5.97 Å². The number of ether oxygens (including phenoxy) is 2. The Labute approximate surface area is 106 Å². The van der Waals surface area contributed by atoms with Gasteiger partial charge in [-0.05, 0) is 12.5 Å². The third-order valence-corrected chi connectivity index (χ3v) is 2.12. The predicted octanol–water partition coefficient (Wildman–Crippen LogP) is 1.89. The van der Waals surface area contributed by atoms with Gasteiger partial charge in [0.15, 0.2) is 0 Å². The number of hydrogen-bond donors (Lipinski definition) is 0. The molecular weight excluding hydrogens is 232 g/mol. The SMILES string of the molecule is C=C(C)C(=O)OCCOC(=O)Cc1ccccc1. The topological polar surface area (TPSA) is 52.6 Å². The van der Waals surface area contributed by atoms with Crippen LogP contribution in [-0.4, -0.2) is 25.2 Å². The zero-order chi connectivity index (χ0) is 13.4. The number of carbonyl (C=O) groups is 2. The van der Waals surface area contributed by atoms with Gasteiger partial charge in [-0.3, -0.25) is 4.79 Å². The number of benzene rings is 1. The fraction of sp³-hybridized carbons (Fsp3) is 0.286. The summed E-state index contributed by atoms with van der Waals surface area (Å²) in [6.07, 6.45) is 0.218. The summed E-state index contributed by atoms with van der Waals surface area (Å²) in [6, 6.07) is 9.30. The minimum atomic E-state index is -0.478. The van der Waals surface area contributed by atoms with Gasteiger partial charge in [0.1, 0.15) is 13.2 Å². The Morgan fingerprint density at radius 3 is 2.33 bits per heavy atom. The molecule has 0 fully saturated rings. The van der Waals surface area contributed by atoms with E-state index in [2.05, 4.69) is 6.58 Å². The first kappa shape index (κ1) is 14.0. The molecule has 0 radical (unpaired) electrons. The van der Waals surface area contributed by atoms with Crippen molar-refractivity contribution in [2.24, 2.45) is 0 Å². The molecule has 0 atom stereocenters. The standard InChI is InChI=1S/C14H16O4/c1-11(2)14(16)18-9-8-17-13(15)10-12-6-4-3-5-7-12/h3-7H,1,8-10H2,2H3. The van der Waals surface area contributed by atoms with Crippen molar-refractivity contribution in [3.8, 4) is 0 Å². The molecule has 0 saturated heterocycles. The molecule has 0 bridgehead atoms. The average molecular weight is 248 g/mol. The minimum absolute atomic E-state index is 0.0478. The maximum Gasteiger partial charge on any atom is 0.333 e. The lowest BCUT2D eigenvalue weighted by atomic mass is 10.2. The number of hydrogen-bond acceptors (Lipinski definition) is 4. The Kier molecular flexibility index (Phi) is 5.64. The molecule has 0 aliphatic rings. The lowest BCUT2D eigenvalue weighted by Gasteiger charge is -2.06. The summed E-state index contributed by atoms with van der Waals surface area (Å²) in [5, 5.41) is 0. The lowest BCUT2D eigenvalue weighted by Crippen LogP contribution is -2.15. The van der Waals surface area contributed by atoms with E-state index in [1.54, 1.807) is 6.92 Å². The first-order valence-corrected chi connectivity index (χ1v) is 5.62. The van der Waals surface area contributed by atoms with Crippen molar-refractivity contribution in [1.82, 2.24) is 0 Å². The Balaban J connectivity index is 2.18. The van der Waals surface area contributed by atoms with Crippen LogP contribution in [0, 0.1) is 0 Å². The predicted molar refractivity (Wildman–Crippen MR) is 66.9 cm³/mol.